The Kier molecular flexibility index (Phi) is 11.2. The number of amides is 3. The van der Waals surface area contributed by atoms with E-state index in [1.165, 1.54) is 17.2 Å². The van der Waals surface area contributed by atoms with Crippen LogP contribution in [-0.2, 0) is 27.2 Å². The van der Waals surface area contributed by atoms with Gasteiger partial charge in [0, 0.05) is 33.6 Å². The van der Waals surface area contributed by atoms with Gasteiger partial charge in [-0.05, 0) is 60.2 Å². The zero-order valence-corrected chi connectivity index (χ0v) is 28.2. The number of benzene rings is 3. The Morgan fingerprint density at radius 2 is 1.53 bits per heavy atom. The average molecular weight is 706 g/mol. The van der Waals surface area contributed by atoms with Crippen LogP contribution in [0.5, 0.6) is 0 Å². The first-order chi connectivity index (χ1) is 23.4. The lowest BCUT2D eigenvalue weighted by Crippen LogP contribution is -2.57. The highest BCUT2D eigenvalue weighted by Crippen LogP contribution is 2.28. The van der Waals surface area contributed by atoms with E-state index >= 15 is 0 Å². The summed E-state index contributed by atoms with van der Waals surface area (Å²) < 4.78 is 5.31. The van der Waals surface area contributed by atoms with Crippen molar-refractivity contribution in [2.45, 2.75) is 51.2 Å². The summed E-state index contributed by atoms with van der Waals surface area (Å²) in [6.45, 7) is 3.08. The molecular weight excluding hydrogens is 671 g/mol. The number of hydrogen-bond acceptors (Lipinski definition) is 7. The molecular formula is C36H34Cl2N4O7. The Balaban J connectivity index is 1.32. The molecule has 0 fully saturated rings. The van der Waals surface area contributed by atoms with E-state index in [1.807, 2.05) is 24.3 Å². The van der Waals surface area contributed by atoms with E-state index in [1.54, 1.807) is 56.3 Å². The summed E-state index contributed by atoms with van der Waals surface area (Å²) in [5.74, 6) is -4.64. The lowest BCUT2D eigenvalue weighted by atomic mass is 10.00. The highest BCUT2D eigenvalue weighted by atomic mass is 35.5. The molecule has 4 aromatic rings. The number of halogens is 2. The maximum Gasteiger partial charge on any atom is 0.326 e. The number of Topliss-reactive ketones (excluding diaryl/α,β-unsaturated/α-hetero) is 1. The molecule has 1 aromatic heterocycles. The normalized spacial score (nSPS) is 13.7. The van der Waals surface area contributed by atoms with Gasteiger partial charge in [0.1, 0.15) is 24.0 Å². The zero-order valence-electron chi connectivity index (χ0n) is 26.7. The van der Waals surface area contributed by atoms with Crippen molar-refractivity contribution in [2.75, 3.05) is 6.54 Å². The summed E-state index contributed by atoms with van der Waals surface area (Å²) in [6, 6.07) is 17.8. The second kappa shape index (κ2) is 15.5. The lowest BCUT2D eigenvalue weighted by Gasteiger charge is -2.34. The molecule has 49 heavy (non-hydrogen) atoms. The van der Waals surface area contributed by atoms with Crippen molar-refractivity contribution in [1.82, 2.24) is 20.5 Å². The molecule has 0 unspecified atom stereocenters. The lowest BCUT2D eigenvalue weighted by molar-refractivity contribution is -0.143. The number of nitrogens with zero attached hydrogens (tertiary/aromatic N) is 2. The number of carboxylic acids is 1. The number of carboxylic acid groups (broad SMARTS) is 1. The maximum atomic E-state index is 14.2. The van der Waals surface area contributed by atoms with Crippen LogP contribution in [0.3, 0.4) is 0 Å². The molecule has 3 N–H and O–H groups in total. The highest BCUT2D eigenvalue weighted by molar-refractivity contribution is 6.35. The number of aliphatic carboxylic acids is 1. The molecule has 3 aromatic carbocycles. The Morgan fingerprint density at radius 3 is 2.12 bits per heavy atom. The minimum Gasteiger partial charge on any atom is -0.480 e. The van der Waals surface area contributed by atoms with E-state index in [4.69, 9.17) is 27.6 Å². The van der Waals surface area contributed by atoms with Gasteiger partial charge in [-0.25, -0.2) is 9.78 Å². The van der Waals surface area contributed by atoms with Gasteiger partial charge in [-0.1, -0.05) is 79.5 Å². The van der Waals surface area contributed by atoms with Crippen LogP contribution in [0.25, 0.3) is 11.3 Å². The van der Waals surface area contributed by atoms with Gasteiger partial charge in [-0.3, -0.25) is 19.2 Å². The van der Waals surface area contributed by atoms with Crippen molar-refractivity contribution < 1.29 is 33.5 Å². The maximum absolute atomic E-state index is 14.2. The highest BCUT2D eigenvalue weighted by Gasteiger charge is 2.37. The Bertz CT molecular complexity index is 1830. The van der Waals surface area contributed by atoms with E-state index in [0.29, 0.717) is 34.0 Å². The quantitative estimate of drug-likeness (QED) is 0.159. The van der Waals surface area contributed by atoms with Crippen LogP contribution in [0.15, 0.2) is 83.5 Å². The van der Waals surface area contributed by atoms with Crippen LogP contribution in [0, 0.1) is 5.92 Å². The Morgan fingerprint density at radius 1 is 0.918 bits per heavy atom. The third-order valence-corrected chi connectivity index (χ3v) is 8.68. The van der Waals surface area contributed by atoms with Crippen LogP contribution >= 0.6 is 23.2 Å². The minimum absolute atomic E-state index is 0.259. The summed E-state index contributed by atoms with van der Waals surface area (Å²) in [5, 5.41) is 15.8. The Labute approximate surface area is 292 Å². The predicted octanol–water partition coefficient (Wildman–Crippen LogP) is 5.24. The van der Waals surface area contributed by atoms with Gasteiger partial charge in [-0.2, -0.15) is 0 Å². The number of nitrogens with one attached hydrogen (secondary N) is 2. The molecule has 5 rings (SSSR count). The van der Waals surface area contributed by atoms with Gasteiger partial charge in [0.2, 0.25) is 17.6 Å². The van der Waals surface area contributed by atoms with Crippen molar-refractivity contribution in [3.63, 3.8) is 0 Å². The summed E-state index contributed by atoms with van der Waals surface area (Å²) >= 11 is 12.1. The zero-order chi connectivity index (χ0) is 35.2. The first kappa shape index (κ1) is 35.3. The van der Waals surface area contributed by atoms with Crippen molar-refractivity contribution in [2.24, 2.45) is 5.92 Å². The fourth-order valence-electron chi connectivity index (χ4n) is 5.75. The molecule has 1 aliphatic carbocycles. The first-order valence-corrected chi connectivity index (χ1v) is 16.4. The number of carbonyl (C=O) groups is 5. The van der Waals surface area contributed by atoms with Crippen molar-refractivity contribution in [3.8, 4) is 11.3 Å². The van der Waals surface area contributed by atoms with E-state index in [2.05, 4.69) is 15.6 Å². The smallest absolute Gasteiger partial charge is 0.326 e. The minimum atomic E-state index is -1.65. The first-order valence-electron chi connectivity index (χ1n) is 15.6. The van der Waals surface area contributed by atoms with E-state index in [9.17, 15) is 29.1 Å². The predicted molar refractivity (Wildman–Crippen MR) is 182 cm³/mol. The van der Waals surface area contributed by atoms with Gasteiger partial charge in [-0.15, -0.1) is 0 Å². The number of aromatic nitrogens is 1. The number of hydrogen-bond donors (Lipinski definition) is 3. The summed E-state index contributed by atoms with van der Waals surface area (Å²) in [5.41, 5.74) is 3.18. The third kappa shape index (κ3) is 8.73. The number of oxazole rings is 1. The van der Waals surface area contributed by atoms with Crippen molar-refractivity contribution in [3.05, 3.63) is 112 Å². The average Bonchev–Trinajstić information content (AvgIpc) is 3.73. The van der Waals surface area contributed by atoms with E-state index in [0.717, 1.165) is 11.1 Å². The molecule has 254 valence electrons. The number of rotatable bonds is 13. The third-order valence-electron chi connectivity index (χ3n) is 8.25. The fraction of sp³-hybridized carbons (Fsp3) is 0.278. The van der Waals surface area contributed by atoms with Gasteiger partial charge in [0.05, 0.1) is 6.54 Å². The molecule has 2 atom stereocenters. The number of ketones is 1. The van der Waals surface area contributed by atoms with E-state index in [-0.39, 0.29) is 17.5 Å². The molecule has 0 aliphatic heterocycles. The SMILES string of the molecule is CC(C)[C@H](NC(=O)c1ccccc1)C(=O)N(CC(=O)N[C@@H](CC(=O)c1nc(-c2cc(Cl)cc(Cl)c2)co1)C(=O)O)C1Cc2ccccc2C1. The molecule has 11 nitrogen and oxygen atoms in total. The van der Waals surface area contributed by atoms with Gasteiger partial charge >= 0.3 is 5.97 Å². The van der Waals surface area contributed by atoms with Crippen LogP contribution in [0.4, 0.5) is 0 Å². The molecule has 0 bridgehead atoms. The number of fused-ring (bicyclic) bond motifs is 1. The topological polar surface area (TPSA) is 159 Å². The van der Waals surface area contributed by atoms with Gasteiger partial charge in [0.15, 0.2) is 0 Å². The largest absolute Gasteiger partial charge is 0.480 e. The van der Waals surface area contributed by atoms with Gasteiger partial charge < -0.3 is 25.1 Å². The van der Waals surface area contributed by atoms with Crippen LogP contribution in [0.2, 0.25) is 10.0 Å². The molecule has 0 radical (unpaired) electrons. The molecule has 0 saturated heterocycles. The van der Waals surface area contributed by atoms with E-state index < -0.39 is 60.6 Å². The number of carbonyl (C=O) groups excluding carboxylic acids is 4. The molecule has 1 heterocycles. The van der Waals surface area contributed by atoms with Crippen LogP contribution in [-0.4, -0.2) is 69.1 Å². The molecule has 3 amide bonds. The van der Waals surface area contributed by atoms with Crippen LogP contribution in [0.1, 0.15) is 52.4 Å². The monoisotopic (exact) mass is 704 g/mol. The second-order valence-corrected chi connectivity index (χ2v) is 13.0. The molecule has 13 heteroatoms. The second-order valence-electron chi connectivity index (χ2n) is 12.1. The Hall–Kier alpha value is -5.00. The summed E-state index contributed by atoms with van der Waals surface area (Å²) in [6.07, 6.45) is 1.49. The van der Waals surface area contributed by atoms with Crippen molar-refractivity contribution in [1.29, 1.82) is 0 Å². The fourth-order valence-corrected chi connectivity index (χ4v) is 6.28. The standard InChI is InChI=1S/C36H34Cl2N4O7/c1-20(2)32(41-33(45)21-8-4-3-5-9-21)35(46)42(27-14-22-10-6-7-11-23(22)15-27)18-31(44)39-28(36(47)48)17-30(43)34-40-29(19-49-34)24-12-25(37)16-26(38)13-24/h3-13,16,19-20,27-28,32H,14-15,17-18H2,1-2H3,(H,39,44)(H,41,45)(H,47,48)/t28-,32-/m0/s1. The molecule has 0 spiro atoms. The van der Waals surface area contributed by atoms with Crippen LogP contribution < -0.4 is 10.6 Å². The molecule has 0 saturated carbocycles. The van der Waals surface area contributed by atoms with Crippen molar-refractivity contribution >= 4 is 52.7 Å². The summed E-state index contributed by atoms with van der Waals surface area (Å²) in [4.78, 5) is 71.5. The molecule has 1 aliphatic rings. The summed E-state index contributed by atoms with van der Waals surface area (Å²) in [7, 11) is 0. The van der Waals surface area contributed by atoms with Gasteiger partial charge in [0.25, 0.3) is 11.8 Å².